The smallest absolute Gasteiger partial charge is 0.258 e. The average Bonchev–Trinajstić information content (AvgIpc) is 2.36. The van der Waals surface area contributed by atoms with Crippen LogP contribution in [0.1, 0.15) is 12.7 Å². The molecular formula is C14H20N4O. The highest BCUT2D eigenvalue weighted by Crippen LogP contribution is 2.05. The summed E-state index contributed by atoms with van der Waals surface area (Å²) in [5.41, 5.74) is 0.658. The Balaban J connectivity index is 2.11. The molecule has 2 rings (SSSR count). The zero-order valence-corrected chi connectivity index (χ0v) is 11.6. The minimum absolute atomic E-state index is 0.0809. The number of para-hydroxylation sites is 1. The second kappa shape index (κ2) is 5.95. The van der Waals surface area contributed by atoms with Crippen LogP contribution in [0.3, 0.4) is 0 Å². The second-order valence-electron chi connectivity index (χ2n) is 5.07. The summed E-state index contributed by atoms with van der Waals surface area (Å²) >= 11 is 0. The van der Waals surface area contributed by atoms with Crippen LogP contribution in [0.15, 0.2) is 29.1 Å². The summed E-state index contributed by atoms with van der Waals surface area (Å²) in [6, 6.07) is 7.72. The molecule has 0 saturated heterocycles. The number of nitrogens with zero attached hydrogens (tertiary/aromatic N) is 2. The molecule has 0 aliphatic heterocycles. The molecule has 5 heteroatoms. The van der Waals surface area contributed by atoms with Gasteiger partial charge in [0, 0.05) is 12.6 Å². The molecule has 1 atom stereocenters. The van der Waals surface area contributed by atoms with Gasteiger partial charge in [-0.05, 0) is 33.2 Å². The van der Waals surface area contributed by atoms with E-state index in [9.17, 15) is 4.79 Å². The molecule has 1 aromatic heterocycles. The summed E-state index contributed by atoms with van der Waals surface area (Å²) in [5.74, 6) is 0.675. The molecule has 1 unspecified atom stereocenters. The lowest BCUT2D eigenvalue weighted by molar-refractivity contribution is 0.347. The van der Waals surface area contributed by atoms with E-state index in [-0.39, 0.29) is 5.56 Å². The fourth-order valence-corrected chi connectivity index (χ4v) is 2.10. The number of aromatic amines is 1. The molecule has 102 valence electrons. The molecule has 2 aromatic rings. The van der Waals surface area contributed by atoms with E-state index in [0.29, 0.717) is 23.8 Å². The maximum Gasteiger partial charge on any atom is 0.258 e. The lowest BCUT2D eigenvalue weighted by Gasteiger charge is -2.17. The van der Waals surface area contributed by atoms with E-state index in [4.69, 9.17) is 0 Å². The van der Waals surface area contributed by atoms with Crippen LogP contribution < -0.4 is 10.9 Å². The highest BCUT2D eigenvalue weighted by atomic mass is 16.1. The molecule has 0 bridgehead atoms. The van der Waals surface area contributed by atoms with Crippen LogP contribution in [0.2, 0.25) is 0 Å². The third kappa shape index (κ3) is 3.62. The fraction of sp³-hybridized carbons (Fsp3) is 0.429. The Labute approximate surface area is 112 Å². The van der Waals surface area contributed by atoms with E-state index in [1.54, 1.807) is 6.07 Å². The Morgan fingerprint density at radius 2 is 2.11 bits per heavy atom. The van der Waals surface area contributed by atoms with Crippen LogP contribution in [0.4, 0.5) is 0 Å². The minimum atomic E-state index is -0.0809. The summed E-state index contributed by atoms with van der Waals surface area (Å²) in [4.78, 5) is 21.3. The molecule has 0 fully saturated rings. The van der Waals surface area contributed by atoms with E-state index >= 15 is 0 Å². The van der Waals surface area contributed by atoms with Gasteiger partial charge in [-0.25, -0.2) is 4.98 Å². The topological polar surface area (TPSA) is 61.0 Å². The van der Waals surface area contributed by atoms with Crippen molar-refractivity contribution in [2.75, 3.05) is 20.6 Å². The maximum absolute atomic E-state index is 11.9. The van der Waals surface area contributed by atoms with E-state index < -0.39 is 0 Å². The monoisotopic (exact) mass is 260 g/mol. The number of H-pyrrole nitrogens is 1. The molecular weight excluding hydrogens is 240 g/mol. The first-order valence-corrected chi connectivity index (χ1v) is 6.42. The predicted octanol–water partition coefficient (Wildman–Crippen LogP) is 0.963. The molecule has 0 aliphatic carbocycles. The number of aromatic nitrogens is 2. The van der Waals surface area contributed by atoms with Crippen LogP contribution in [-0.4, -0.2) is 41.5 Å². The minimum Gasteiger partial charge on any atom is -0.309 e. The molecule has 0 radical (unpaired) electrons. The van der Waals surface area contributed by atoms with Gasteiger partial charge in [-0.2, -0.15) is 0 Å². The van der Waals surface area contributed by atoms with Crippen molar-refractivity contribution in [3.8, 4) is 0 Å². The van der Waals surface area contributed by atoms with Crippen molar-refractivity contribution in [3.63, 3.8) is 0 Å². The largest absolute Gasteiger partial charge is 0.309 e. The van der Waals surface area contributed by atoms with Gasteiger partial charge in [0.15, 0.2) is 0 Å². The Morgan fingerprint density at radius 3 is 2.84 bits per heavy atom. The van der Waals surface area contributed by atoms with E-state index in [0.717, 1.165) is 12.1 Å². The molecule has 0 saturated carbocycles. The molecule has 0 spiro atoms. The molecule has 0 aliphatic rings. The summed E-state index contributed by atoms with van der Waals surface area (Å²) in [6.45, 7) is 3.62. The van der Waals surface area contributed by atoms with Gasteiger partial charge in [-0.3, -0.25) is 4.79 Å². The Morgan fingerprint density at radius 1 is 1.37 bits per heavy atom. The molecule has 5 nitrogen and oxygen atoms in total. The zero-order chi connectivity index (χ0) is 13.8. The predicted molar refractivity (Wildman–Crippen MR) is 77.2 cm³/mol. The first-order chi connectivity index (χ1) is 9.06. The van der Waals surface area contributed by atoms with Gasteiger partial charge in [0.25, 0.3) is 5.56 Å². The third-order valence-electron chi connectivity index (χ3n) is 2.92. The number of hydrogen-bond donors (Lipinski definition) is 2. The van der Waals surface area contributed by atoms with Gasteiger partial charge in [0.05, 0.1) is 17.4 Å². The van der Waals surface area contributed by atoms with Gasteiger partial charge >= 0.3 is 0 Å². The van der Waals surface area contributed by atoms with Gasteiger partial charge in [0.2, 0.25) is 0 Å². The Bertz CT molecular complexity index is 606. The van der Waals surface area contributed by atoms with Crippen molar-refractivity contribution in [1.82, 2.24) is 20.2 Å². The van der Waals surface area contributed by atoms with Crippen molar-refractivity contribution in [2.24, 2.45) is 0 Å². The standard InChI is InChI=1S/C14H20N4O/c1-10(9-18(2)3)15-8-13-16-12-7-5-4-6-11(12)14(19)17-13/h4-7,10,15H,8-9H2,1-3H3,(H,16,17,19). The number of rotatable bonds is 5. The molecule has 1 heterocycles. The van der Waals surface area contributed by atoms with Crippen molar-refractivity contribution < 1.29 is 0 Å². The zero-order valence-electron chi connectivity index (χ0n) is 11.6. The second-order valence-corrected chi connectivity index (χ2v) is 5.07. The highest BCUT2D eigenvalue weighted by molar-refractivity contribution is 5.77. The van der Waals surface area contributed by atoms with E-state index in [2.05, 4.69) is 27.1 Å². The van der Waals surface area contributed by atoms with E-state index in [1.807, 2.05) is 32.3 Å². The number of likely N-dealkylation sites (N-methyl/N-ethyl adjacent to an activating group) is 1. The molecule has 0 amide bonds. The summed E-state index contributed by atoms with van der Waals surface area (Å²) < 4.78 is 0. The molecule has 19 heavy (non-hydrogen) atoms. The first-order valence-electron chi connectivity index (χ1n) is 6.42. The number of benzene rings is 1. The average molecular weight is 260 g/mol. The fourth-order valence-electron chi connectivity index (χ4n) is 2.10. The Kier molecular flexibility index (Phi) is 4.29. The van der Waals surface area contributed by atoms with Gasteiger partial charge in [-0.15, -0.1) is 0 Å². The summed E-state index contributed by atoms with van der Waals surface area (Å²) in [7, 11) is 4.07. The lowest BCUT2D eigenvalue weighted by Crippen LogP contribution is -2.36. The van der Waals surface area contributed by atoms with Crippen molar-refractivity contribution in [1.29, 1.82) is 0 Å². The normalized spacial score (nSPS) is 13.1. The number of hydrogen-bond acceptors (Lipinski definition) is 4. The highest BCUT2D eigenvalue weighted by Gasteiger charge is 2.06. The summed E-state index contributed by atoms with van der Waals surface area (Å²) in [5, 5.41) is 3.98. The summed E-state index contributed by atoms with van der Waals surface area (Å²) in [6.07, 6.45) is 0. The van der Waals surface area contributed by atoms with Gasteiger partial charge in [0.1, 0.15) is 5.82 Å². The van der Waals surface area contributed by atoms with Crippen molar-refractivity contribution in [3.05, 3.63) is 40.4 Å². The maximum atomic E-state index is 11.9. The van der Waals surface area contributed by atoms with Crippen LogP contribution in [-0.2, 0) is 6.54 Å². The Hall–Kier alpha value is -1.72. The van der Waals surface area contributed by atoms with Crippen molar-refractivity contribution in [2.45, 2.75) is 19.5 Å². The lowest BCUT2D eigenvalue weighted by atomic mass is 10.2. The third-order valence-corrected chi connectivity index (χ3v) is 2.92. The molecule has 1 aromatic carbocycles. The first kappa shape index (κ1) is 13.7. The number of fused-ring (bicyclic) bond motifs is 1. The molecule has 2 N–H and O–H groups in total. The van der Waals surface area contributed by atoms with Crippen molar-refractivity contribution >= 4 is 10.9 Å². The van der Waals surface area contributed by atoms with Gasteiger partial charge < -0.3 is 15.2 Å². The van der Waals surface area contributed by atoms with Crippen LogP contribution in [0, 0.1) is 0 Å². The SMILES string of the molecule is CC(CN(C)C)NCc1nc2ccccc2c(=O)[nH]1. The van der Waals surface area contributed by atoms with Crippen LogP contribution in [0.5, 0.6) is 0 Å². The van der Waals surface area contributed by atoms with E-state index in [1.165, 1.54) is 0 Å². The van der Waals surface area contributed by atoms with Crippen LogP contribution >= 0.6 is 0 Å². The quantitative estimate of drug-likeness (QED) is 0.840. The van der Waals surface area contributed by atoms with Gasteiger partial charge in [-0.1, -0.05) is 12.1 Å². The van der Waals surface area contributed by atoms with Crippen LogP contribution in [0.25, 0.3) is 10.9 Å². The number of nitrogens with one attached hydrogen (secondary N) is 2.